The highest BCUT2D eigenvalue weighted by atomic mass is 35.5. The van der Waals surface area contributed by atoms with Gasteiger partial charge >= 0.3 is 0 Å². The summed E-state index contributed by atoms with van der Waals surface area (Å²) in [5, 5.41) is 22.8. The number of fused-ring (bicyclic) bond motifs is 1. The number of nitrogens with one attached hydrogen (secondary N) is 1. The van der Waals surface area contributed by atoms with E-state index in [-0.39, 0.29) is 22.8 Å². The SMILES string of the molecule is O=C1C(=O)N(c2ccccc2O)C(c2c[nH]c3ccccc23)/C1=C(\O)c1cccc(Cl)c1. The third kappa shape index (κ3) is 3.04. The molecular formula is C25H17ClN2O4. The summed E-state index contributed by atoms with van der Waals surface area (Å²) < 4.78 is 0. The smallest absolute Gasteiger partial charge is 0.300 e. The zero-order chi connectivity index (χ0) is 22.4. The van der Waals surface area contributed by atoms with Gasteiger partial charge in [0, 0.05) is 33.2 Å². The number of aliphatic hydroxyl groups is 1. The number of ketones is 1. The third-order valence-corrected chi connectivity index (χ3v) is 5.83. The highest BCUT2D eigenvalue weighted by Crippen LogP contribution is 2.46. The monoisotopic (exact) mass is 444 g/mol. The number of carbonyl (C=O) groups is 2. The van der Waals surface area contributed by atoms with Crippen LogP contribution in [0.5, 0.6) is 5.75 Å². The molecule has 0 spiro atoms. The third-order valence-electron chi connectivity index (χ3n) is 5.60. The van der Waals surface area contributed by atoms with Gasteiger partial charge in [-0.15, -0.1) is 0 Å². The molecule has 0 saturated carbocycles. The van der Waals surface area contributed by atoms with Crippen LogP contribution in [0.1, 0.15) is 17.2 Å². The Morgan fingerprint density at radius 3 is 2.50 bits per heavy atom. The van der Waals surface area contributed by atoms with Gasteiger partial charge in [0.1, 0.15) is 11.5 Å². The molecule has 1 saturated heterocycles. The van der Waals surface area contributed by atoms with E-state index in [1.54, 1.807) is 42.6 Å². The van der Waals surface area contributed by atoms with Crippen LogP contribution >= 0.6 is 11.6 Å². The highest BCUT2D eigenvalue weighted by Gasteiger charge is 2.48. The Morgan fingerprint density at radius 2 is 1.72 bits per heavy atom. The number of para-hydroxylation sites is 3. The molecule has 1 aromatic heterocycles. The van der Waals surface area contributed by atoms with Crippen LogP contribution in [0.2, 0.25) is 5.02 Å². The van der Waals surface area contributed by atoms with Gasteiger partial charge in [-0.2, -0.15) is 0 Å². The lowest BCUT2D eigenvalue weighted by molar-refractivity contribution is -0.132. The Kier molecular flexibility index (Phi) is 4.72. The van der Waals surface area contributed by atoms with Crippen LogP contribution in [-0.4, -0.2) is 26.9 Å². The Bertz CT molecular complexity index is 1420. The van der Waals surface area contributed by atoms with Crippen molar-refractivity contribution in [3.63, 3.8) is 0 Å². The number of hydrogen-bond donors (Lipinski definition) is 3. The maximum absolute atomic E-state index is 13.2. The molecular weight excluding hydrogens is 428 g/mol. The van der Waals surface area contributed by atoms with E-state index in [9.17, 15) is 19.8 Å². The summed E-state index contributed by atoms with van der Waals surface area (Å²) in [5.41, 5.74) is 1.85. The minimum Gasteiger partial charge on any atom is -0.507 e. The van der Waals surface area contributed by atoms with Gasteiger partial charge in [-0.25, -0.2) is 0 Å². The summed E-state index contributed by atoms with van der Waals surface area (Å²) in [6.45, 7) is 0. The van der Waals surface area contributed by atoms with Crippen LogP contribution in [0.4, 0.5) is 5.69 Å². The van der Waals surface area contributed by atoms with Crippen LogP contribution < -0.4 is 4.90 Å². The molecule has 32 heavy (non-hydrogen) atoms. The standard InChI is InChI=1S/C25H17ClN2O4/c26-15-7-5-6-14(12-15)23(30)21-22(17-13-27-18-9-2-1-8-16(17)18)28(25(32)24(21)31)19-10-3-4-11-20(19)29/h1-13,22,27,29-30H/b23-21+. The first-order valence-electron chi connectivity index (χ1n) is 9.88. The lowest BCUT2D eigenvalue weighted by Crippen LogP contribution is -2.29. The molecule has 5 rings (SSSR count). The van der Waals surface area contributed by atoms with Crippen molar-refractivity contribution in [3.05, 3.63) is 101 Å². The molecule has 4 aromatic rings. The summed E-state index contributed by atoms with van der Waals surface area (Å²) in [6, 6.07) is 19.2. The number of benzene rings is 3. The molecule has 0 bridgehead atoms. The van der Waals surface area contributed by atoms with Crippen molar-refractivity contribution in [1.29, 1.82) is 0 Å². The van der Waals surface area contributed by atoms with Gasteiger partial charge < -0.3 is 15.2 Å². The average Bonchev–Trinajstić information content (AvgIpc) is 3.33. The molecule has 1 amide bonds. The van der Waals surface area contributed by atoms with E-state index in [2.05, 4.69) is 4.98 Å². The van der Waals surface area contributed by atoms with Gasteiger partial charge in [0.25, 0.3) is 11.7 Å². The number of carbonyl (C=O) groups excluding carboxylic acids is 2. The number of aromatic hydroxyl groups is 1. The number of aliphatic hydroxyl groups excluding tert-OH is 1. The number of aromatic amines is 1. The van der Waals surface area contributed by atoms with Crippen molar-refractivity contribution < 1.29 is 19.8 Å². The Hall–Kier alpha value is -4.03. The van der Waals surface area contributed by atoms with E-state index < -0.39 is 17.7 Å². The molecule has 3 N–H and O–H groups in total. The van der Waals surface area contributed by atoms with E-state index >= 15 is 0 Å². The normalized spacial score (nSPS) is 17.9. The predicted octanol–water partition coefficient (Wildman–Crippen LogP) is 5.15. The minimum atomic E-state index is -0.960. The molecule has 3 aromatic carbocycles. The fourth-order valence-electron chi connectivity index (χ4n) is 4.15. The van der Waals surface area contributed by atoms with Gasteiger partial charge in [0.2, 0.25) is 0 Å². The van der Waals surface area contributed by atoms with Gasteiger partial charge in [-0.1, -0.05) is 54.1 Å². The van der Waals surface area contributed by atoms with Gasteiger partial charge in [-0.05, 0) is 30.3 Å². The molecule has 0 aliphatic carbocycles. The van der Waals surface area contributed by atoms with Crippen molar-refractivity contribution in [2.45, 2.75) is 6.04 Å². The number of phenols is 1. The summed E-state index contributed by atoms with van der Waals surface area (Å²) in [4.78, 5) is 30.8. The first kappa shape index (κ1) is 19.9. The zero-order valence-electron chi connectivity index (χ0n) is 16.6. The molecule has 2 heterocycles. The maximum Gasteiger partial charge on any atom is 0.300 e. The second-order valence-electron chi connectivity index (χ2n) is 7.46. The number of anilines is 1. The fraction of sp³-hybridized carbons (Fsp3) is 0.0400. The minimum absolute atomic E-state index is 0.0785. The lowest BCUT2D eigenvalue weighted by Gasteiger charge is -2.25. The first-order valence-corrected chi connectivity index (χ1v) is 10.3. The van der Waals surface area contributed by atoms with Crippen molar-refractivity contribution in [3.8, 4) is 5.75 Å². The maximum atomic E-state index is 13.2. The van der Waals surface area contributed by atoms with Crippen molar-refractivity contribution in [1.82, 2.24) is 4.98 Å². The van der Waals surface area contributed by atoms with E-state index in [1.807, 2.05) is 24.3 Å². The molecule has 1 unspecified atom stereocenters. The summed E-state index contributed by atoms with van der Waals surface area (Å²) >= 11 is 6.09. The number of rotatable bonds is 3. The Balaban J connectivity index is 1.81. The molecule has 7 heteroatoms. The molecule has 6 nitrogen and oxygen atoms in total. The Morgan fingerprint density at radius 1 is 0.969 bits per heavy atom. The average molecular weight is 445 g/mol. The van der Waals surface area contributed by atoms with Gasteiger partial charge in [0.05, 0.1) is 17.3 Å². The number of hydrogen-bond acceptors (Lipinski definition) is 4. The van der Waals surface area contributed by atoms with Gasteiger partial charge in [-0.3, -0.25) is 14.5 Å². The largest absolute Gasteiger partial charge is 0.507 e. The first-order chi connectivity index (χ1) is 15.5. The van der Waals surface area contributed by atoms with Crippen molar-refractivity contribution in [2.24, 2.45) is 0 Å². The molecule has 1 aliphatic heterocycles. The predicted molar refractivity (Wildman–Crippen MR) is 123 cm³/mol. The van der Waals surface area contributed by atoms with Crippen LogP contribution in [-0.2, 0) is 9.59 Å². The number of Topliss-reactive ketones (excluding diaryl/α,β-unsaturated/α-hetero) is 1. The quantitative estimate of drug-likeness (QED) is 0.231. The van der Waals surface area contributed by atoms with Crippen molar-refractivity contribution in [2.75, 3.05) is 4.90 Å². The van der Waals surface area contributed by atoms with Crippen LogP contribution in [0.3, 0.4) is 0 Å². The lowest BCUT2D eigenvalue weighted by atomic mass is 9.94. The van der Waals surface area contributed by atoms with Crippen molar-refractivity contribution >= 4 is 45.6 Å². The summed E-state index contributed by atoms with van der Waals surface area (Å²) in [6.07, 6.45) is 1.71. The van der Waals surface area contributed by atoms with Crippen LogP contribution in [0.15, 0.2) is 84.6 Å². The fourth-order valence-corrected chi connectivity index (χ4v) is 4.34. The van der Waals surface area contributed by atoms with Gasteiger partial charge in [0.15, 0.2) is 0 Å². The number of nitrogens with zero attached hydrogens (tertiary/aromatic N) is 1. The van der Waals surface area contributed by atoms with Crippen LogP contribution in [0, 0.1) is 0 Å². The summed E-state index contributed by atoms with van der Waals surface area (Å²) in [7, 11) is 0. The molecule has 158 valence electrons. The molecule has 1 aliphatic rings. The number of H-pyrrole nitrogens is 1. The molecule has 0 radical (unpaired) electrons. The molecule has 1 atom stereocenters. The number of aromatic nitrogens is 1. The van der Waals surface area contributed by atoms with E-state index in [0.29, 0.717) is 16.1 Å². The number of amides is 1. The van der Waals surface area contributed by atoms with E-state index in [4.69, 9.17) is 11.6 Å². The Labute approximate surface area is 188 Å². The molecule has 1 fully saturated rings. The number of halogens is 1. The van der Waals surface area contributed by atoms with Crippen LogP contribution in [0.25, 0.3) is 16.7 Å². The number of phenolic OH excluding ortho intramolecular Hbond substituents is 1. The van der Waals surface area contributed by atoms with E-state index in [0.717, 1.165) is 10.9 Å². The zero-order valence-corrected chi connectivity index (χ0v) is 17.4. The highest BCUT2D eigenvalue weighted by molar-refractivity contribution is 6.52. The second kappa shape index (κ2) is 7.59. The van der Waals surface area contributed by atoms with E-state index in [1.165, 1.54) is 17.0 Å². The summed E-state index contributed by atoms with van der Waals surface area (Å²) in [5.74, 6) is -2.17. The topological polar surface area (TPSA) is 93.6 Å². The second-order valence-corrected chi connectivity index (χ2v) is 7.89.